The molecular formula is C11H10ClIO. The molecule has 0 aliphatic carbocycles. The summed E-state index contributed by atoms with van der Waals surface area (Å²) in [7, 11) is 0. The summed E-state index contributed by atoms with van der Waals surface area (Å²) in [6, 6.07) is 5.35. The van der Waals surface area contributed by atoms with Crippen LogP contribution in [0.25, 0.3) is 0 Å². The van der Waals surface area contributed by atoms with Crippen molar-refractivity contribution in [3.05, 3.63) is 45.0 Å². The van der Waals surface area contributed by atoms with Crippen LogP contribution in [0.3, 0.4) is 0 Å². The molecule has 0 aromatic heterocycles. The molecule has 14 heavy (non-hydrogen) atoms. The molecule has 0 heterocycles. The van der Waals surface area contributed by atoms with Crippen LogP contribution in [0.5, 0.6) is 0 Å². The summed E-state index contributed by atoms with van der Waals surface area (Å²) in [6.07, 6.45) is 2.95. The summed E-state index contributed by atoms with van der Waals surface area (Å²) in [5.74, 6) is 0.122. The van der Waals surface area contributed by atoms with Crippen LogP contribution >= 0.6 is 34.2 Å². The fourth-order valence-corrected chi connectivity index (χ4v) is 1.89. The third-order valence-corrected chi connectivity index (χ3v) is 2.98. The summed E-state index contributed by atoms with van der Waals surface area (Å²) >= 11 is 7.96. The van der Waals surface area contributed by atoms with Crippen LogP contribution in [-0.2, 0) is 0 Å². The maximum atomic E-state index is 11.7. The molecule has 0 radical (unpaired) electrons. The maximum Gasteiger partial charge on any atom is 0.164 e. The summed E-state index contributed by atoms with van der Waals surface area (Å²) in [5, 5.41) is 0.604. The largest absolute Gasteiger partial charge is 0.294 e. The van der Waals surface area contributed by atoms with E-state index in [9.17, 15) is 4.79 Å². The first-order valence-electron chi connectivity index (χ1n) is 4.24. The van der Waals surface area contributed by atoms with E-state index in [1.807, 2.05) is 6.07 Å². The molecule has 0 N–H and O–H groups in total. The fraction of sp³-hybridized carbons (Fsp3) is 0.182. The molecule has 1 aromatic carbocycles. The van der Waals surface area contributed by atoms with Crippen molar-refractivity contribution >= 4 is 40.0 Å². The summed E-state index contributed by atoms with van der Waals surface area (Å²) in [4.78, 5) is 11.7. The smallest absolute Gasteiger partial charge is 0.164 e. The van der Waals surface area contributed by atoms with Gasteiger partial charge in [0, 0.05) is 20.6 Å². The molecule has 1 rings (SSSR count). The van der Waals surface area contributed by atoms with E-state index in [1.54, 1.807) is 18.2 Å². The second kappa shape index (κ2) is 5.51. The molecule has 0 amide bonds. The van der Waals surface area contributed by atoms with Crippen molar-refractivity contribution in [2.24, 2.45) is 0 Å². The lowest BCUT2D eigenvalue weighted by molar-refractivity contribution is 0.0983. The van der Waals surface area contributed by atoms with E-state index in [0.29, 0.717) is 23.4 Å². The van der Waals surface area contributed by atoms with Crippen LogP contribution in [0.2, 0.25) is 5.02 Å². The predicted octanol–water partition coefficient (Wildman–Crippen LogP) is 4.09. The summed E-state index contributed by atoms with van der Waals surface area (Å²) < 4.78 is 0.945. The number of benzene rings is 1. The quantitative estimate of drug-likeness (QED) is 0.464. The maximum absolute atomic E-state index is 11.7. The Morgan fingerprint density at radius 1 is 1.57 bits per heavy atom. The van der Waals surface area contributed by atoms with Gasteiger partial charge < -0.3 is 0 Å². The van der Waals surface area contributed by atoms with Gasteiger partial charge in [-0.25, -0.2) is 0 Å². The van der Waals surface area contributed by atoms with E-state index in [-0.39, 0.29) is 5.78 Å². The molecular weight excluding hydrogens is 310 g/mol. The molecule has 0 aliphatic heterocycles. The third kappa shape index (κ3) is 3.10. The number of hydrogen-bond acceptors (Lipinski definition) is 1. The molecule has 0 fully saturated rings. The predicted molar refractivity (Wildman–Crippen MR) is 67.9 cm³/mol. The van der Waals surface area contributed by atoms with Crippen molar-refractivity contribution in [3.63, 3.8) is 0 Å². The van der Waals surface area contributed by atoms with Gasteiger partial charge in [-0.05, 0) is 47.2 Å². The highest BCUT2D eigenvalue weighted by atomic mass is 127. The number of rotatable bonds is 4. The van der Waals surface area contributed by atoms with E-state index in [2.05, 4.69) is 29.2 Å². The SMILES string of the molecule is C=CCCC(=O)c1cc(Cl)ccc1I. The zero-order valence-corrected chi connectivity index (χ0v) is 10.5. The average molecular weight is 321 g/mol. The first-order valence-corrected chi connectivity index (χ1v) is 5.70. The van der Waals surface area contributed by atoms with Gasteiger partial charge in [0.25, 0.3) is 0 Å². The zero-order valence-electron chi connectivity index (χ0n) is 7.59. The van der Waals surface area contributed by atoms with Gasteiger partial charge >= 0.3 is 0 Å². The molecule has 0 unspecified atom stereocenters. The van der Waals surface area contributed by atoms with Crippen molar-refractivity contribution in [1.29, 1.82) is 0 Å². The molecule has 0 bridgehead atoms. The average Bonchev–Trinajstić information content (AvgIpc) is 2.18. The lowest BCUT2D eigenvalue weighted by atomic mass is 10.1. The van der Waals surface area contributed by atoms with Crippen LogP contribution in [0, 0.1) is 3.57 Å². The van der Waals surface area contributed by atoms with E-state index in [1.165, 1.54) is 0 Å². The number of ketones is 1. The van der Waals surface area contributed by atoms with Gasteiger partial charge in [0.05, 0.1) is 0 Å². The minimum atomic E-state index is 0.122. The highest BCUT2D eigenvalue weighted by Crippen LogP contribution is 2.19. The molecule has 0 aliphatic rings. The number of allylic oxidation sites excluding steroid dienone is 1. The lowest BCUT2D eigenvalue weighted by Crippen LogP contribution is -2.00. The van der Waals surface area contributed by atoms with Gasteiger partial charge in [0.15, 0.2) is 5.78 Å². The Morgan fingerprint density at radius 2 is 2.29 bits per heavy atom. The summed E-state index contributed by atoms with van der Waals surface area (Å²) in [6.45, 7) is 3.59. The van der Waals surface area contributed by atoms with Gasteiger partial charge in [-0.3, -0.25) is 4.79 Å². The van der Waals surface area contributed by atoms with Crippen molar-refractivity contribution in [2.45, 2.75) is 12.8 Å². The topological polar surface area (TPSA) is 17.1 Å². The van der Waals surface area contributed by atoms with E-state index in [0.717, 1.165) is 3.57 Å². The third-order valence-electron chi connectivity index (χ3n) is 1.80. The van der Waals surface area contributed by atoms with Crippen molar-refractivity contribution in [2.75, 3.05) is 0 Å². The molecule has 0 saturated heterocycles. The van der Waals surface area contributed by atoms with Crippen molar-refractivity contribution < 1.29 is 4.79 Å². The fourth-order valence-electron chi connectivity index (χ4n) is 1.08. The minimum absolute atomic E-state index is 0.122. The second-order valence-corrected chi connectivity index (χ2v) is 4.47. The molecule has 0 saturated carbocycles. The Labute approximate surface area is 102 Å². The Balaban J connectivity index is 2.88. The Morgan fingerprint density at radius 3 is 2.93 bits per heavy atom. The van der Waals surface area contributed by atoms with E-state index < -0.39 is 0 Å². The first-order chi connectivity index (χ1) is 6.65. The summed E-state index contributed by atoms with van der Waals surface area (Å²) in [5.41, 5.74) is 0.708. The number of hydrogen-bond donors (Lipinski definition) is 0. The van der Waals surface area contributed by atoms with Gasteiger partial charge in [-0.15, -0.1) is 6.58 Å². The molecule has 74 valence electrons. The van der Waals surface area contributed by atoms with Crippen molar-refractivity contribution in [3.8, 4) is 0 Å². The Hall–Kier alpha value is -0.350. The number of carbonyl (C=O) groups excluding carboxylic acids is 1. The minimum Gasteiger partial charge on any atom is -0.294 e. The highest BCUT2D eigenvalue weighted by Gasteiger charge is 2.09. The molecule has 0 spiro atoms. The Kier molecular flexibility index (Phi) is 4.62. The molecule has 1 aromatic rings. The standard InChI is InChI=1S/C11H10ClIO/c1-2-3-4-11(14)9-7-8(12)5-6-10(9)13/h2,5-7H,1,3-4H2. The van der Waals surface area contributed by atoms with Crippen molar-refractivity contribution in [1.82, 2.24) is 0 Å². The van der Waals surface area contributed by atoms with E-state index >= 15 is 0 Å². The highest BCUT2D eigenvalue weighted by molar-refractivity contribution is 14.1. The second-order valence-electron chi connectivity index (χ2n) is 2.87. The Bertz CT molecular complexity index is 360. The zero-order chi connectivity index (χ0) is 10.6. The van der Waals surface area contributed by atoms with Crippen LogP contribution < -0.4 is 0 Å². The van der Waals surface area contributed by atoms with Crippen LogP contribution in [0.15, 0.2) is 30.9 Å². The van der Waals surface area contributed by atoms with Gasteiger partial charge in [-0.2, -0.15) is 0 Å². The molecule has 1 nitrogen and oxygen atoms in total. The number of carbonyl (C=O) groups is 1. The van der Waals surface area contributed by atoms with Crippen LogP contribution in [0.4, 0.5) is 0 Å². The van der Waals surface area contributed by atoms with Gasteiger partial charge in [-0.1, -0.05) is 17.7 Å². The lowest BCUT2D eigenvalue weighted by Gasteiger charge is -2.02. The number of Topliss-reactive ketones (excluding diaryl/α,β-unsaturated/α-hetero) is 1. The number of halogens is 2. The molecule has 3 heteroatoms. The van der Waals surface area contributed by atoms with E-state index in [4.69, 9.17) is 11.6 Å². The van der Waals surface area contributed by atoms with Gasteiger partial charge in [0.1, 0.15) is 0 Å². The monoisotopic (exact) mass is 320 g/mol. The van der Waals surface area contributed by atoms with Crippen LogP contribution in [-0.4, -0.2) is 5.78 Å². The normalized spacial score (nSPS) is 9.86. The van der Waals surface area contributed by atoms with Crippen LogP contribution in [0.1, 0.15) is 23.2 Å². The first kappa shape index (κ1) is 11.7. The molecule has 0 atom stereocenters. The van der Waals surface area contributed by atoms with Gasteiger partial charge in [0.2, 0.25) is 0 Å².